The number of rotatable bonds is 9. The van der Waals surface area contributed by atoms with E-state index in [0.717, 1.165) is 31.1 Å². The summed E-state index contributed by atoms with van der Waals surface area (Å²) in [6.07, 6.45) is 2.39. The normalized spacial score (nSPS) is 15.6. The lowest BCUT2D eigenvalue weighted by molar-refractivity contribution is 0.182. The Labute approximate surface area is 175 Å². The second-order valence-electron chi connectivity index (χ2n) is 8.03. The largest absolute Gasteiger partial charge is 0.493 e. The van der Waals surface area contributed by atoms with Crippen molar-refractivity contribution in [3.63, 3.8) is 0 Å². The number of hydrogen-bond acceptors (Lipinski definition) is 5. The Kier molecular flexibility index (Phi) is 7.92. The fourth-order valence-electron chi connectivity index (χ4n) is 3.91. The van der Waals surface area contributed by atoms with E-state index in [0.29, 0.717) is 6.04 Å². The van der Waals surface area contributed by atoms with Crippen LogP contribution in [0.15, 0.2) is 42.5 Å². The smallest absolute Gasteiger partial charge is 0.161 e. The average Bonchev–Trinajstić information content (AvgIpc) is 2.76. The predicted octanol–water partition coefficient (Wildman–Crippen LogP) is 3.49. The van der Waals surface area contributed by atoms with Gasteiger partial charge in [0, 0.05) is 25.7 Å². The highest BCUT2D eigenvalue weighted by Crippen LogP contribution is 2.35. The molecule has 5 nitrogen and oxygen atoms in total. The highest BCUT2D eigenvalue weighted by Gasteiger charge is 2.20. The van der Waals surface area contributed by atoms with Gasteiger partial charge in [-0.25, -0.2) is 0 Å². The van der Waals surface area contributed by atoms with Crippen LogP contribution in [-0.4, -0.2) is 70.3 Å². The molecule has 1 aliphatic heterocycles. The number of likely N-dealkylation sites (N-methyl/N-ethyl adjacent to an activating group) is 1. The first-order valence-corrected chi connectivity index (χ1v) is 10.5. The summed E-state index contributed by atoms with van der Waals surface area (Å²) in [7, 11) is 7.67. The van der Waals surface area contributed by atoms with Gasteiger partial charge in [-0.3, -0.25) is 0 Å². The highest BCUT2D eigenvalue weighted by molar-refractivity contribution is 5.71. The van der Waals surface area contributed by atoms with Gasteiger partial charge in [-0.1, -0.05) is 30.3 Å². The van der Waals surface area contributed by atoms with Crippen LogP contribution in [-0.2, 0) is 6.54 Å². The Morgan fingerprint density at radius 3 is 2.28 bits per heavy atom. The molecule has 158 valence electrons. The molecule has 0 aromatic heterocycles. The lowest BCUT2D eigenvalue weighted by atomic mass is 9.97. The summed E-state index contributed by atoms with van der Waals surface area (Å²) < 4.78 is 11.1. The third-order valence-corrected chi connectivity index (χ3v) is 5.73. The summed E-state index contributed by atoms with van der Waals surface area (Å²) in [5, 5.41) is 3.79. The van der Waals surface area contributed by atoms with E-state index in [9.17, 15) is 0 Å². The van der Waals surface area contributed by atoms with Crippen LogP contribution in [0, 0.1) is 0 Å². The van der Waals surface area contributed by atoms with Crippen LogP contribution < -0.4 is 14.8 Å². The van der Waals surface area contributed by atoms with Gasteiger partial charge in [0.25, 0.3) is 0 Å². The van der Waals surface area contributed by atoms with E-state index in [-0.39, 0.29) is 0 Å². The molecular weight excluding hydrogens is 362 g/mol. The van der Waals surface area contributed by atoms with Gasteiger partial charge in [-0.05, 0) is 68.8 Å². The molecule has 1 saturated heterocycles. The monoisotopic (exact) mass is 397 g/mol. The number of benzene rings is 2. The van der Waals surface area contributed by atoms with Crippen LogP contribution in [0.1, 0.15) is 18.4 Å². The number of hydrogen-bond donors (Lipinski definition) is 1. The van der Waals surface area contributed by atoms with E-state index in [1.54, 1.807) is 14.2 Å². The lowest BCUT2D eigenvalue weighted by Crippen LogP contribution is -2.44. The molecule has 1 aliphatic rings. The Balaban J connectivity index is 1.67. The standard InChI is InChI=1S/C24H35N3O2/c1-26(2)14-15-27-12-10-21(11-13-27)25-18-20-16-23(28-3)24(29-4)17-22(20)19-8-6-5-7-9-19/h5-9,16-17,21,25H,10-15,18H2,1-4H3. The predicted molar refractivity (Wildman–Crippen MR) is 120 cm³/mol. The van der Waals surface area contributed by atoms with Gasteiger partial charge in [0.2, 0.25) is 0 Å². The number of nitrogens with zero attached hydrogens (tertiary/aromatic N) is 2. The van der Waals surface area contributed by atoms with E-state index in [4.69, 9.17) is 9.47 Å². The topological polar surface area (TPSA) is 37.0 Å². The third-order valence-electron chi connectivity index (χ3n) is 5.73. The van der Waals surface area contributed by atoms with Crippen molar-refractivity contribution in [2.45, 2.75) is 25.4 Å². The number of nitrogens with one attached hydrogen (secondary N) is 1. The second-order valence-corrected chi connectivity index (χ2v) is 8.03. The first-order valence-electron chi connectivity index (χ1n) is 10.5. The molecule has 2 aromatic carbocycles. The van der Waals surface area contributed by atoms with Crippen molar-refractivity contribution in [3.8, 4) is 22.6 Å². The number of piperidine rings is 1. The van der Waals surface area contributed by atoms with Gasteiger partial charge in [0.05, 0.1) is 14.2 Å². The van der Waals surface area contributed by atoms with Crippen molar-refractivity contribution in [2.75, 3.05) is 54.5 Å². The zero-order valence-electron chi connectivity index (χ0n) is 18.3. The van der Waals surface area contributed by atoms with Gasteiger partial charge in [0.15, 0.2) is 11.5 Å². The first kappa shape index (κ1) is 21.6. The number of methoxy groups -OCH3 is 2. The molecule has 0 amide bonds. The minimum absolute atomic E-state index is 0.558. The van der Waals surface area contributed by atoms with E-state index < -0.39 is 0 Å². The fourth-order valence-corrected chi connectivity index (χ4v) is 3.91. The molecule has 1 heterocycles. The van der Waals surface area contributed by atoms with E-state index in [1.165, 1.54) is 42.6 Å². The van der Waals surface area contributed by atoms with Crippen molar-refractivity contribution in [2.24, 2.45) is 0 Å². The minimum atomic E-state index is 0.558. The molecule has 0 saturated carbocycles. The van der Waals surface area contributed by atoms with E-state index >= 15 is 0 Å². The van der Waals surface area contributed by atoms with Crippen molar-refractivity contribution < 1.29 is 9.47 Å². The van der Waals surface area contributed by atoms with Gasteiger partial charge in [-0.15, -0.1) is 0 Å². The molecule has 0 aliphatic carbocycles. The summed E-state index contributed by atoms with van der Waals surface area (Å²) >= 11 is 0. The summed E-state index contributed by atoms with van der Waals surface area (Å²) in [4.78, 5) is 4.83. The zero-order valence-corrected chi connectivity index (χ0v) is 18.3. The maximum absolute atomic E-state index is 5.56. The maximum Gasteiger partial charge on any atom is 0.161 e. The number of likely N-dealkylation sites (tertiary alicyclic amines) is 1. The summed E-state index contributed by atoms with van der Waals surface area (Å²) in [5.74, 6) is 1.55. The molecule has 0 atom stereocenters. The lowest BCUT2D eigenvalue weighted by Gasteiger charge is -2.33. The second kappa shape index (κ2) is 10.6. The molecule has 1 N–H and O–H groups in total. The molecule has 0 bridgehead atoms. The van der Waals surface area contributed by atoms with Crippen LogP contribution in [0.25, 0.3) is 11.1 Å². The van der Waals surface area contributed by atoms with Gasteiger partial charge >= 0.3 is 0 Å². The van der Waals surface area contributed by atoms with E-state index in [2.05, 4.69) is 65.6 Å². The van der Waals surface area contributed by atoms with Crippen LogP contribution in [0.4, 0.5) is 0 Å². The molecule has 29 heavy (non-hydrogen) atoms. The molecular formula is C24H35N3O2. The summed E-state index contributed by atoms with van der Waals surface area (Å²) in [6, 6.07) is 15.3. The SMILES string of the molecule is COc1cc(CNC2CCN(CCN(C)C)CC2)c(-c2ccccc2)cc1OC. The van der Waals surface area contributed by atoms with E-state index in [1.807, 2.05) is 6.07 Å². The molecule has 3 rings (SSSR count). The van der Waals surface area contributed by atoms with Crippen molar-refractivity contribution in [1.82, 2.24) is 15.1 Å². The van der Waals surface area contributed by atoms with Gasteiger partial charge < -0.3 is 24.6 Å². The Bertz CT molecular complexity index is 756. The van der Waals surface area contributed by atoms with Crippen LogP contribution in [0.5, 0.6) is 11.5 Å². The molecule has 0 unspecified atom stereocenters. The minimum Gasteiger partial charge on any atom is -0.493 e. The Morgan fingerprint density at radius 1 is 1.00 bits per heavy atom. The third kappa shape index (κ3) is 5.95. The average molecular weight is 398 g/mol. The highest BCUT2D eigenvalue weighted by atomic mass is 16.5. The summed E-state index contributed by atoms with van der Waals surface area (Å²) in [6.45, 7) is 5.45. The number of ether oxygens (including phenoxy) is 2. The molecule has 0 spiro atoms. The van der Waals surface area contributed by atoms with Crippen molar-refractivity contribution in [1.29, 1.82) is 0 Å². The van der Waals surface area contributed by atoms with Crippen molar-refractivity contribution in [3.05, 3.63) is 48.0 Å². The van der Waals surface area contributed by atoms with Gasteiger partial charge in [-0.2, -0.15) is 0 Å². The fraction of sp³-hybridized carbons (Fsp3) is 0.500. The quantitative estimate of drug-likeness (QED) is 0.701. The first-order chi connectivity index (χ1) is 14.1. The molecule has 5 heteroatoms. The van der Waals surface area contributed by atoms with Gasteiger partial charge in [0.1, 0.15) is 0 Å². The maximum atomic E-state index is 5.56. The molecule has 0 radical (unpaired) electrons. The Hall–Kier alpha value is -2.08. The molecule has 1 fully saturated rings. The van der Waals surface area contributed by atoms with Crippen LogP contribution >= 0.6 is 0 Å². The van der Waals surface area contributed by atoms with Crippen LogP contribution in [0.3, 0.4) is 0 Å². The Morgan fingerprint density at radius 2 is 1.66 bits per heavy atom. The molecule has 2 aromatic rings. The summed E-state index contributed by atoms with van der Waals surface area (Å²) in [5.41, 5.74) is 3.63. The van der Waals surface area contributed by atoms with Crippen LogP contribution in [0.2, 0.25) is 0 Å². The van der Waals surface area contributed by atoms with Crippen molar-refractivity contribution >= 4 is 0 Å². The zero-order chi connectivity index (χ0) is 20.6.